The number of aryl methyl sites for hydroxylation is 2. The van der Waals surface area contributed by atoms with Crippen LogP contribution >= 0.6 is 0 Å². The Hall–Kier alpha value is -3.48. The molecular weight excluding hydrogens is 384 g/mol. The van der Waals surface area contributed by atoms with Crippen LogP contribution < -0.4 is 4.74 Å². The quantitative estimate of drug-likeness (QED) is 0.729. The minimum Gasteiger partial charge on any atom is -0.497 e. The fraction of sp³-hybridized carbons (Fsp3) is 0.304. The highest BCUT2D eigenvalue weighted by Gasteiger charge is 2.47. The lowest BCUT2D eigenvalue weighted by atomic mass is 10.0. The van der Waals surface area contributed by atoms with Crippen molar-refractivity contribution in [3.63, 3.8) is 0 Å². The Morgan fingerprint density at radius 1 is 0.933 bits per heavy atom. The molecule has 30 heavy (non-hydrogen) atoms. The van der Waals surface area contributed by atoms with E-state index >= 15 is 0 Å². The molecule has 1 saturated heterocycles. The molecule has 4 amide bonds. The molecule has 2 heterocycles. The highest BCUT2D eigenvalue weighted by atomic mass is 16.5. The molecule has 0 radical (unpaired) electrons. The first-order chi connectivity index (χ1) is 14.3. The van der Waals surface area contributed by atoms with Crippen LogP contribution in [-0.2, 0) is 16.1 Å². The maximum atomic E-state index is 13.2. The maximum absolute atomic E-state index is 13.2. The van der Waals surface area contributed by atoms with Crippen molar-refractivity contribution in [3.8, 4) is 5.75 Å². The van der Waals surface area contributed by atoms with Gasteiger partial charge in [0.05, 0.1) is 24.8 Å². The number of imide groups is 2. The number of nitrogens with zero attached hydrogens (tertiary/aromatic N) is 2. The van der Waals surface area contributed by atoms with Gasteiger partial charge in [-0.05, 0) is 61.2 Å². The van der Waals surface area contributed by atoms with Crippen LogP contribution in [0.5, 0.6) is 5.75 Å². The summed E-state index contributed by atoms with van der Waals surface area (Å²) in [6, 6.07) is 9.46. The van der Waals surface area contributed by atoms with Crippen LogP contribution in [0, 0.1) is 13.8 Å². The largest absolute Gasteiger partial charge is 0.497 e. The fourth-order valence-electron chi connectivity index (χ4n) is 3.95. The van der Waals surface area contributed by atoms with E-state index in [1.54, 1.807) is 43.5 Å². The van der Waals surface area contributed by atoms with Crippen molar-refractivity contribution < 1.29 is 23.9 Å². The van der Waals surface area contributed by atoms with Crippen molar-refractivity contribution in [2.75, 3.05) is 7.11 Å². The smallest absolute Gasteiger partial charge is 0.262 e. The molecule has 2 aromatic carbocycles. The van der Waals surface area contributed by atoms with Crippen LogP contribution in [0.25, 0.3) is 0 Å². The first kappa shape index (κ1) is 19.8. The highest BCUT2D eigenvalue weighted by Crippen LogP contribution is 2.31. The minimum absolute atomic E-state index is 0.0829. The summed E-state index contributed by atoms with van der Waals surface area (Å²) in [5, 5.41) is 0. The molecule has 0 saturated carbocycles. The van der Waals surface area contributed by atoms with E-state index in [1.165, 1.54) is 0 Å². The van der Waals surface area contributed by atoms with E-state index in [2.05, 4.69) is 0 Å². The van der Waals surface area contributed by atoms with E-state index in [9.17, 15) is 19.2 Å². The van der Waals surface area contributed by atoms with Gasteiger partial charge in [-0.3, -0.25) is 29.0 Å². The molecule has 2 aliphatic heterocycles. The van der Waals surface area contributed by atoms with Gasteiger partial charge < -0.3 is 4.74 Å². The molecule has 4 rings (SSSR count). The summed E-state index contributed by atoms with van der Waals surface area (Å²) in [4.78, 5) is 53.7. The van der Waals surface area contributed by atoms with Gasteiger partial charge in [-0.15, -0.1) is 0 Å². The van der Waals surface area contributed by atoms with Gasteiger partial charge in [0.2, 0.25) is 5.91 Å². The zero-order chi connectivity index (χ0) is 21.6. The van der Waals surface area contributed by atoms with Crippen LogP contribution in [0.2, 0.25) is 0 Å². The van der Waals surface area contributed by atoms with E-state index in [-0.39, 0.29) is 25.3 Å². The molecule has 0 spiro atoms. The van der Waals surface area contributed by atoms with E-state index in [1.807, 2.05) is 13.8 Å². The number of ether oxygens (including phenoxy) is 1. The predicted octanol–water partition coefficient (Wildman–Crippen LogP) is 2.63. The van der Waals surface area contributed by atoms with Gasteiger partial charge in [0.25, 0.3) is 17.7 Å². The molecule has 1 atom stereocenters. The Morgan fingerprint density at radius 3 is 2.03 bits per heavy atom. The molecule has 1 fully saturated rings. The van der Waals surface area contributed by atoms with Gasteiger partial charge >= 0.3 is 0 Å². The molecule has 7 heteroatoms. The molecule has 1 unspecified atom stereocenters. The summed E-state index contributed by atoms with van der Waals surface area (Å²) in [5.41, 5.74) is 3.20. The van der Waals surface area contributed by atoms with Crippen LogP contribution in [0.15, 0.2) is 36.4 Å². The lowest BCUT2D eigenvalue weighted by Gasteiger charge is -2.34. The van der Waals surface area contributed by atoms with Gasteiger partial charge in [0.1, 0.15) is 11.8 Å². The minimum atomic E-state index is -0.978. The standard InChI is InChI=1S/C23H22N2O5/c1-13-10-17-18(11-14(13)2)22(28)25(21(17)27)19-8-9-20(26)24(23(19)29)12-15-4-6-16(30-3)7-5-15/h4-7,10-11,19H,8-9,12H2,1-3H3. The molecule has 0 N–H and O–H groups in total. The lowest BCUT2D eigenvalue weighted by Crippen LogP contribution is -2.55. The van der Waals surface area contributed by atoms with Crippen molar-refractivity contribution in [2.45, 2.75) is 39.3 Å². The molecule has 7 nitrogen and oxygen atoms in total. The molecule has 154 valence electrons. The number of hydrogen-bond acceptors (Lipinski definition) is 5. The number of rotatable bonds is 4. The zero-order valence-corrected chi connectivity index (χ0v) is 17.1. The average Bonchev–Trinajstić information content (AvgIpc) is 2.96. The molecule has 0 aromatic heterocycles. The molecule has 0 bridgehead atoms. The number of carbonyl (C=O) groups is 4. The van der Waals surface area contributed by atoms with Crippen molar-refractivity contribution >= 4 is 23.6 Å². The SMILES string of the molecule is COc1ccc(CN2C(=O)CCC(N3C(=O)c4cc(C)c(C)cc4C3=O)C2=O)cc1. The van der Waals surface area contributed by atoms with Gasteiger partial charge in [-0.25, -0.2) is 0 Å². The van der Waals surface area contributed by atoms with Crippen LogP contribution in [-0.4, -0.2) is 46.6 Å². The third-order valence-electron chi connectivity index (χ3n) is 5.83. The van der Waals surface area contributed by atoms with E-state index in [0.717, 1.165) is 26.5 Å². The van der Waals surface area contributed by atoms with Gasteiger partial charge in [-0.2, -0.15) is 0 Å². The number of fused-ring (bicyclic) bond motifs is 1. The first-order valence-corrected chi connectivity index (χ1v) is 9.78. The summed E-state index contributed by atoms with van der Waals surface area (Å²) >= 11 is 0. The number of amides is 4. The molecule has 2 aliphatic rings. The normalized spacial score (nSPS) is 18.8. The number of likely N-dealkylation sites (tertiary alicyclic amines) is 1. The predicted molar refractivity (Wildman–Crippen MR) is 108 cm³/mol. The van der Waals surface area contributed by atoms with E-state index in [4.69, 9.17) is 4.74 Å². The molecular formula is C23H22N2O5. The topological polar surface area (TPSA) is 84.0 Å². The Bertz CT molecular complexity index is 1030. The monoisotopic (exact) mass is 406 g/mol. The molecule has 2 aromatic rings. The summed E-state index contributed by atoms with van der Waals surface area (Å²) in [5.74, 6) is -1.12. The zero-order valence-electron chi connectivity index (χ0n) is 17.1. The maximum Gasteiger partial charge on any atom is 0.262 e. The van der Waals surface area contributed by atoms with Gasteiger partial charge in [0.15, 0.2) is 0 Å². The van der Waals surface area contributed by atoms with Crippen LogP contribution in [0.1, 0.15) is 50.2 Å². The van der Waals surface area contributed by atoms with Crippen molar-refractivity contribution in [2.24, 2.45) is 0 Å². The highest BCUT2D eigenvalue weighted by molar-refractivity contribution is 6.23. The third-order valence-corrected chi connectivity index (χ3v) is 5.83. The molecule has 0 aliphatic carbocycles. The fourth-order valence-corrected chi connectivity index (χ4v) is 3.95. The Labute approximate surface area is 174 Å². The number of piperidine rings is 1. The van der Waals surface area contributed by atoms with E-state index in [0.29, 0.717) is 16.9 Å². The number of benzene rings is 2. The first-order valence-electron chi connectivity index (χ1n) is 9.78. The second kappa shape index (κ2) is 7.40. The van der Waals surface area contributed by atoms with Gasteiger partial charge in [0, 0.05) is 6.42 Å². The third kappa shape index (κ3) is 3.16. The average molecular weight is 406 g/mol. The lowest BCUT2D eigenvalue weighted by molar-refractivity contribution is -0.152. The van der Waals surface area contributed by atoms with E-state index < -0.39 is 23.8 Å². The second-order valence-corrected chi connectivity index (χ2v) is 7.68. The van der Waals surface area contributed by atoms with Crippen molar-refractivity contribution in [3.05, 3.63) is 64.2 Å². The Kier molecular flexibility index (Phi) is 4.89. The van der Waals surface area contributed by atoms with Crippen molar-refractivity contribution in [1.82, 2.24) is 9.80 Å². The second-order valence-electron chi connectivity index (χ2n) is 7.68. The number of hydrogen-bond donors (Lipinski definition) is 0. The summed E-state index contributed by atoms with van der Waals surface area (Å²) in [7, 11) is 1.56. The summed E-state index contributed by atoms with van der Waals surface area (Å²) < 4.78 is 5.13. The number of methoxy groups -OCH3 is 1. The Morgan fingerprint density at radius 2 is 1.50 bits per heavy atom. The van der Waals surface area contributed by atoms with Crippen molar-refractivity contribution in [1.29, 1.82) is 0 Å². The summed E-state index contributed by atoms with van der Waals surface area (Å²) in [6.45, 7) is 3.83. The Balaban J connectivity index is 1.60. The summed E-state index contributed by atoms with van der Waals surface area (Å²) in [6.07, 6.45) is 0.234. The van der Waals surface area contributed by atoms with Crippen LogP contribution in [0.3, 0.4) is 0 Å². The van der Waals surface area contributed by atoms with Gasteiger partial charge in [-0.1, -0.05) is 12.1 Å². The van der Waals surface area contributed by atoms with Crippen LogP contribution in [0.4, 0.5) is 0 Å². The number of carbonyl (C=O) groups excluding carboxylic acids is 4.